The molecule has 1 aromatic carbocycles. The summed E-state index contributed by atoms with van der Waals surface area (Å²) in [5.74, 6) is -0.514. The SMILES string of the molecule is CCOC(=O)C[C@H](NC(=O)NC(=O)OC(C)(C)C)c1cc(C#N)cc(C(C)(C)C)c1. The number of urea groups is 1. The van der Waals surface area contributed by atoms with Gasteiger partial charge in [0.1, 0.15) is 5.60 Å². The summed E-state index contributed by atoms with van der Waals surface area (Å²) in [4.78, 5) is 36.3. The molecule has 0 unspecified atom stereocenters. The molecule has 0 radical (unpaired) electrons. The van der Waals surface area contributed by atoms with E-state index in [-0.39, 0.29) is 18.4 Å². The monoisotopic (exact) mass is 417 g/mol. The number of esters is 1. The molecule has 30 heavy (non-hydrogen) atoms. The van der Waals surface area contributed by atoms with Gasteiger partial charge in [-0.25, -0.2) is 14.9 Å². The number of nitriles is 1. The predicted molar refractivity (Wildman–Crippen MR) is 112 cm³/mol. The molecule has 1 atom stereocenters. The maximum absolute atomic E-state index is 12.4. The molecule has 8 nitrogen and oxygen atoms in total. The van der Waals surface area contributed by atoms with E-state index in [1.54, 1.807) is 39.8 Å². The van der Waals surface area contributed by atoms with Crippen molar-refractivity contribution in [3.8, 4) is 6.07 Å². The van der Waals surface area contributed by atoms with Crippen molar-refractivity contribution in [2.45, 2.75) is 71.9 Å². The van der Waals surface area contributed by atoms with Crippen molar-refractivity contribution in [3.63, 3.8) is 0 Å². The maximum atomic E-state index is 12.4. The maximum Gasteiger partial charge on any atom is 0.415 e. The Balaban J connectivity index is 3.18. The van der Waals surface area contributed by atoms with Crippen molar-refractivity contribution >= 4 is 18.1 Å². The molecule has 0 saturated heterocycles. The van der Waals surface area contributed by atoms with Gasteiger partial charge in [0.15, 0.2) is 0 Å². The first-order chi connectivity index (χ1) is 13.7. The summed E-state index contributed by atoms with van der Waals surface area (Å²) in [7, 11) is 0. The number of nitrogens with zero attached hydrogens (tertiary/aromatic N) is 1. The molecule has 0 aliphatic heterocycles. The second kappa shape index (κ2) is 10.1. The van der Waals surface area contributed by atoms with Crippen molar-refractivity contribution < 1.29 is 23.9 Å². The smallest absolute Gasteiger partial charge is 0.415 e. The van der Waals surface area contributed by atoms with E-state index >= 15 is 0 Å². The van der Waals surface area contributed by atoms with Gasteiger partial charge in [-0.3, -0.25) is 4.79 Å². The van der Waals surface area contributed by atoms with Crippen LogP contribution >= 0.6 is 0 Å². The van der Waals surface area contributed by atoms with Crippen LogP contribution in [0.15, 0.2) is 18.2 Å². The zero-order valence-corrected chi connectivity index (χ0v) is 18.7. The summed E-state index contributed by atoms with van der Waals surface area (Å²) >= 11 is 0. The number of nitrogens with one attached hydrogen (secondary N) is 2. The van der Waals surface area contributed by atoms with Gasteiger partial charge in [0, 0.05) is 0 Å². The van der Waals surface area contributed by atoms with Crippen LogP contribution in [-0.4, -0.2) is 30.3 Å². The molecule has 0 heterocycles. The Morgan fingerprint density at radius 1 is 1.10 bits per heavy atom. The summed E-state index contributed by atoms with van der Waals surface area (Å²) in [6.07, 6.45) is -1.07. The fourth-order valence-corrected chi connectivity index (χ4v) is 2.58. The zero-order valence-electron chi connectivity index (χ0n) is 18.7. The van der Waals surface area contributed by atoms with Crippen LogP contribution in [0.4, 0.5) is 9.59 Å². The molecule has 1 rings (SSSR count). The minimum Gasteiger partial charge on any atom is -0.466 e. The number of hydrogen-bond donors (Lipinski definition) is 2. The largest absolute Gasteiger partial charge is 0.466 e. The number of alkyl carbamates (subject to hydrolysis) is 1. The van der Waals surface area contributed by atoms with E-state index < -0.39 is 29.7 Å². The highest BCUT2D eigenvalue weighted by Crippen LogP contribution is 2.28. The number of imide groups is 1. The second-order valence-corrected chi connectivity index (χ2v) is 8.87. The molecular formula is C22H31N3O5. The summed E-state index contributed by atoms with van der Waals surface area (Å²) in [5, 5.41) is 14.1. The van der Waals surface area contributed by atoms with Crippen LogP contribution in [0.1, 0.15) is 77.6 Å². The van der Waals surface area contributed by atoms with E-state index in [0.29, 0.717) is 11.1 Å². The van der Waals surface area contributed by atoms with Crippen LogP contribution in [0, 0.1) is 11.3 Å². The van der Waals surface area contributed by atoms with Crippen LogP contribution in [0.5, 0.6) is 0 Å². The normalized spacial score (nSPS) is 12.3. The summed E-state index contributed by atoms with van der Waals surface area (Å²) < 4.78 is 10.1. The Labute approximate surface area is 177 Å². The van der Waals surface area contributed by atoms with Gasteiger partial charge in [0.2, 0.25) is 0 Å². The first kappa shape index (κ1) is 25.0. The Hall–Kier alpha value is -3.08. The lowest BCUT2D eigenvalue weighted by Crippen LogP contribution is -2.44. The number of carbonyl (C=O) groups excluding carboxylic acids is 3. The Morgan fingerprint density at radius 2 is 1.73 bits per heavy atom. The van der Waals surface area contributed by atoms with Crippen molar-refractivity contribution in [2.75, 3.05) is 6.61 Å². The van der Waals surface area contributed by atoms with E-state index in [2.05, 4.69) is 16.7 Å². The topological polar surface area (TPSA) is 118 Å². The molecule has 0 spiro atoms. The predicted octanol–water partition coefficient (Wildman–Crippen LogP) is 4.08. The molecule has 0 saturated carbocycles. The molecule has 0 aliphatic rings. The van der Waals surface area contributed by atoms with E-state index in [1.807, 2.05) is 26.8 Å². The third-order valence-corrected chi connectivity index (χ3v) is 3.95. The Morgan fingerprint density at radius 3 is 2.23 bits per heavy atom. The summed E-state index contributed by atoms with van der Waals surface area (Å²) in [5.41, 5.74) is 0.818. The lowest BCUT2D eigenvalue weighted by atomic mass is 9.84. The van der Waals surface area contributed by atoms with Gasteiger partial charge in [-0.05, 0) is 56.4 Å². The summed E-state index contributed by atoms with van der Waals surface area (Å²) in [6.45, 7) is 12.9. The van der Waals surface area contributed by atoms with E-state index in [4.69, 9.17) is 9.47 Å². The number of benzene rings is 1. The highest BCUT2D eigenvalue weighted by atomic mass is 16.6. The lowest BCUT2D eigenvalue weighted by Gasteiger charge is -2.24. The van der Waals surface area contributed by atoms with E-state index in [9.17, 15) is 19.6 Å². The summed E-state index contributed by atoms with van der Waals surface area (Å²) in [6, 6.07) is 5.69. The average Bonchev–Trinajstić information content (AvgIpc) is 2.58. The van der Waals surface area contributed by atoms with Gasteiger partial charge < -0.3 is 14.8 Å². The molecule has 0 aromatic heterocycles. The zero-order chi connectivity index (χ0) is 23.1. The molecule has 0 fully saturated rings. The van der Waals surface area contributed by atoms with Crippen LogP contribution in [0.3, 0.4) is 0 Å². The molecule has 0 bridgehead atoms. The molecule has 0 aliphatic carbocycles. The average molecular weight is 418 g/mol. The minimum atomic E-state index is -0.906. The van der Waals surface area contributed by atoms with Crippen LogP contribution < -0.4 is 10.6 Å². The fourth-order valence-electron chi connectivity index (χ4n) is 2.58. The molecular weight excluding hydrogens is 386 g/mol. The van der Waals surface area contributed by atoms with Crippen molar-refractivity contribution in [3.05, 3.63) is 34.9 Å². The lowest BCUT2D eigenvalue weighted by molar-refractivity contribution is -0.143. The minimum absolute atomic E-state index is 0.159. The first-order valence-corrected chi connectivity index (χ1v) is 9.77. The van der Waals surface area contributed by atoms with Crippen LogP contribution in [-0.2, 0) is 19.7 Å². The van der Waals surface area contributed by atoms with Crippen molar-refractivity contribution in [1.82, 2.24) is 10.6 Å². The van der Waals surface area contributed by atoms with Gasteiger partial charge in [0.25, 0.3) is 0 Å². The Bertz CT molecular complexity index is 829. The van der Waals surface area contributed by atoms with E-state index in [0.717, 1.165) is 5.56 Å². The van der Waals surface area contributed by atoms with Gasteiger partial charge in [-0.1, -0.05) is 26.8 Å². The van der Waals surface area contributed by atoms with Crippen LogP contribution in [0.25, 0.3) is 0 Å². The number of hydrogen-bond acceptors (Lipinski definition) is 6. The van der Waals surface area contributed by atoms with Gasteiger partial charge in [-0.2, -0.15) is 5.26 Å². The highest BCUT2D eigenvalue weighted by molar-refractivity contribution is 5.91. The van der Waals surface area contributed by atoms with Gasteiger partial charge in [0.05, 0.1) is 30.7 Å². The fraction of sp³-hybridized carbons (Fsp3) is 0.545. The quantitative estimate of drug-likeness (QED) is 0.697. The number of amides is 3. The van der Waals surface area contributed by atoms with Gasteiger partial charge in [-0.15, -0.1) is 0 Å². The van der Waals surface area contributed by atoms with E-state index in [1.165, 1.54) is 0 Å². The molecule has 164 valence electrons. The third kappa shape index (κ3) is 8.52. The second-order valence-electron chi connectivity index (χ2n) is 8.87. The number of ether oxygens (including phenoxy) is 2. The standard InChI is InChI=1S/C22H31N3O5/c1-8-29-18(26)12-17(24-19(27)25-20(28)30-22(5,6)7)15-9-14(13-23)10-16(11-15)21(2,3)4/h9-11,17H,8,12H2,1-7H3,(H2,24,25,27,28)/t17-/m0/s1. The highest BCUT2D eigenvalue weighted by Gasteiger charge is 2.25. The number of rotatable bonds is 5. The Kier molecular flexibility index (Phi) is 8.40. The van der Waals surface area contributed by atoms with Crippen molar-refractivity contribution in [2.24, 2.45) is 0 Å². The van der Waals surface area contributed by atoms with Crippen LogP contribution in [0.2, 0.25) is 0 Å². The molecule has 3 amide bonds. The molecule has 8 heteroatoms. The number of carbonyl (C=O) groups is 3. The molecule has 2 N–H and O–H groups in total. The van der Waals surface area contributed by atoms with Crippen molar-refractivity contribution in [1.29, 1.82) is 5.26 Å². The molecule has 1 aromatic rings. The first-order valence-electron chi connectivity index (χ1n) is 9.77. The third-order valence-electron chi connectivity index (χ3n) is 3.95. The van der Waals surface area contributed by atoms with Gasteiger partial charge >= 0.3 is 18.1 Å².